The minimum atomic E-state index is -0.490. The van der Waals surface area contributed by atoms with Crippen LogP contribution in [0.3, 0.4) is 0 Å². The van der Waals surface area contributed by atoms with Gasteiger partial charge in [0.1, 0.15) is 12.4 Å². The van der Waals surface area contributed by atoms with Crippen molar-refractivity contribution in [2.24, 2.45) is 0 Å². The monoisotopic (exact) mass is 375 g/mol. The SMILES string of the molecule is Cc1nn(-c2ccc(F)cc2)c(C)c1/C=C/C(=O)OCc1cccc(C#N)c1. The number of rotatable bonds is 5. The van der Waals surface area contributed by atoms with Crippen molar-refractivity contribution in [1.29, 1.82) is 5.26 Å². The second-order valence-electron chi connectivity index (χ2n) is 6.23. The fourth-order valence-corrected chi connectivity index (χ4v) is 2.81. The molecule has 0 saturated heterocycles. The van der Waals surface area contributed by atoms with Gasteiger partial charge in [-0.2, -0.15) is 10.4 Å². The molecule has 6 heteroatoms. The lowest BCUT2D eigenvalue weighted by atomic mass is 10.1. The first kappa shape index (κ1) is 19.1. The fraction of sp³-hybridized carbons (Fsp3) is 0.136. The molecule has 5 nitrogen and oxygen atoms in total. The predicted octanol–water partition coefficient (Wildman–Crippen LogP) is 4.26. The molecule has 1 heterocycles. The van der Waals surface area contributed by atoms with Crippen LogP contribution < -0.4 is 0 Å². The van der Waals surface area contributed by atoms with E-state index in [0.29, 0.717) is 5.56 Å². The van der Waals surface area contributed by atoms with Gasteiger partial charge in [0.05, 0.1) is 23.0 Å². The van der Waals surface area contributed by atoms with E-state index in [0.717, 1.165) is 28.2 Å². The topological polar surface area (TPSA) is 67.9 Å². The number of nitrogens with zero attached hydrogens (tertiary/aromatic N) is 3. The second-order valence-corrected chi connectivity index (χ2v) is 6.23. The molecule has 3 aromatic rings. The van der Waals surface area contributed by atoms with Crippen LogP contribution >= 0.6 is 0 Å². The van der Waals surface area contributed by atoms with Gasteiger partial charge < -0.3 is 4.74 Å². The van der Waals surface area contributed by atoms with Crippen LogP contribution in [-0.4, -0.2) is 15.7 Å². The largest absolute Gasteiger partial charge is 0.458 e. The normalized spacial score (nSPS) is 10.8. The van der Waals surface area contributed by atoms with Gasteiger partial charge in [0, 0.05) is 17.3 Å². The van der Waals surface area contributed by atoms with E-state index < -0.39 is 5.97 Å². The van der Waals surface area contributed by atoms with E-state index in [1.165, 1.54) is 18.2 Å². The van der Waals surface area contributed by atoms with Gasteiger partial charge in [-0.3, -0.25) is 0 Å². The Kier molecular flexibility index (Phi) is 5.66. The summed E-state index contributed by atoms with van der Waals surface area (Å²) in [5, 5.41) is 13.4. The van der Waals surface area contributed by atoms with Crippen molar-refractivity contribution in [2.75, 3.05) is 0 Å². The third kappa shape index (κ3) is 4.33. The molecule has 0 unspecified atom stereocenters. The number of benzene rings is 2. The Morgan fingerprint density at radius 3 is 2.71 bits per heavy atom. The minimum Gasteiger partial charge on any atom is -0.458 e. The van der Waals surface area contributed by atoms with Gasteiger partial charge >= 0.3 is 5.97 Å². The number of aryl methyl sites for hydroxylation is 1. The lowest BCUT2D eigenvalue weighted by Gasteiger charge is -2.04. The first-order valence-corrected chi connectivity index (χ1v) is 8.64. The van der Waals surface area contributed by atoms with Crippen molar-refractivity contribution in [3.8, 4) is 11.8 Å². The molecule has 0 N–H and O–H groups in total. The standard InChI is InChI=1S/C22H18FN3O2/c1-15-21(16(2)26(25-15)20-8-6-19(23)7-9-20)10-11-22(27)28-14-18-5-3-4-17(12-18)13-24/h3-12H,14H2,1-2H3/b11-10+. The first-order valence-electron chi connectivity index (χ1n) is 8.64. The Bertz CT molecular complexity index is 1080. The van der Waals surface area contributed by atoms with E-state index in [2.05, 4.69) is 5.10 Å². The lowest BCUT2D eigenvalue weighted by Crippen LogP contribution is -2.01. The molecule has 0 aliphatic rings. The van der Waals surface area contributed by atoms with Gasteiger partial charge in [-0.25, -0.2) is 13.9 Å². The summed E-state index contributed by atoms with van der Waals surface area (Å²) in [7, 11) is 0. The molecule has 1 aromatic heterocycles. The van der Waals surface area contributed by atoms with Crippen molar-refractivity contribution in [1.82, 2.24) is 9.78 Å². The van der Waals surface area contributed by atoms with Crippen LogP contribution in [0.15, 0.2) is 54.6 Å². The summed E-state index contributed by atoms with van der Waals surface area (Å²) in [6.45, 7) is 3.80. The summed E-state index contributed by atoms with van der Waals surface area (Å²) < 4.78 is 20.1. The average Bonchev–Trinajstić information content (AvgIpc) is 2.99. The lowest BCUT2D eigenvalue weighted by molar-refractivity contribution is -0.138. The van der Waals surface area contributed by atoms with Crippen molar-refractivity contribution >= 4 is 12.0 Å². The third-order valence-corrected chi connectivity index (χ3v) is 4.24. The maximum atomic E-state index is 13.1. The van der Waals surface area contributed by atoms with Crippen molar-refractivity contribution in [3.05, 3.63) is 88.5 Å². The highest BCUT2D eigenvalue weighted by atomic mass is 19.1. The molecule has 0 bridgehead atoms. The number of carbonyl (C=O) groups excluding carboxylic acids is 1. The molecule has 2 aromatic carbocycles. The van der Waals surface area contributed by atoms with Crippen LogP contribution in [0.4, 0.5) is 4.39 Å². The average molecular weight is 375 g/mol. The highest BCUT2D eigenvalue weighted by Crippen LogP contribution is 2.19. The molecule has 0 atom stereocenters. The fourth-order valence-electron chi connectivity index (χ4n) is 2.81. The molecule has 0 aliphatic carbocycles. The number of halogens is 1. The number of carbonyl (C=O) groups is 1. The first-order chi connectivity index (χ1) is 13.5. The molecule has 0 saturated carbocycles. The van der Waals surface area contributed by atoms with Gasteiger partial charge in [0.15, 0.2) is 0 Å². The molecule has 0 radical (unpaired) electrons. The van der Waals surface area contributed by atoms with E-state index in [1.54, 1.807) is 47.2 Å². The third-order valence-electron chi connectivity index (χ3n) is 4.24. The Hall–Kier alpha value is -3.72. The highest BCUT2D eigenvalue weighted by Gasteiger charge is 2.11. The van der Waals surface area contributed by atoms with E-state index >= 15 is 0 Å². The van der Waals surface area contributed by atoms with Crippen LogP contribution in [0.2, 0.25) is 0 Å². The molecule has 0 aliphatic heterocycles. The molecule has 3 rings (SSSR count). The van der Waals surface area contributed by atoms with Gasteiger partial charge in [0.2, 0.25) is 0 Å². The molecule has 28 heavy (non-hydrogen) atoms. The summed E-state index contributed by atoms with van der Waals surface area (Å²) in [6, 6.07) is 15.0. The number of esters is 1. The van der Waals surface area contributed by atoms with Gasteiger partial charge in [-0.1, -0.05) is 12.1 Å². The number of hydrogen-bond donors (Lipinski definition) is 0. The maximum absolute atomic E-state index is 13.1. The van der Waals surface area contributed by atoms with E-state index in [-0.39, 0.29) is 12.4 Å². The predicted molar refractivity (Wildman–Crippen MR) is 103 cm³/mol. The molecular formula is C22H18FN3O2. The van der Waals surface area contributed by atoms with E-state index in [1.807, 2.05) is 19.9 Å². The zero-order chi connectivity index (χ0) is 20.1. The van der Waals surface area contributed by atoms with Crippen molar-refractivity contribution < 1.29 is 13.9 Å². The Labute approximate surface area is 162 Å². The quantitative estimate of drug-likeness (QED) is 0.494. The molecule has 0 fully saturated rings. The smallest absolute Gasteiger partial charge is 0.331 e. The molecule has 140 valence electrons. The van der Waals surface area contributed by atoms with E-state index in [4.69, 9.17) is 10.00 Å². The van der Waals surface area contributed by atoms with Crippen molar-refractivity contribution in [2.45, 2.75) is 20.5 Å². The van der Waals surface area contributed by atoms with Gasteiger partial charge in [-0.15, -0.1) is 0 Å². The molecule has 0 amide bonds. The van der Waals surface area contributed by atoms with Gasteiger partial charge in [0.25, 0.3) is 0 Å². The van der Waals surface area contributed by atoms with Crippen LogP contribution in [0, 0.1) is 31.0 Å². The molecular weight excluding hydrogens is 357 g/mol. The Balaban J connectivity index is 1.70. The van der Waals surface area contributed by atoms with Gasteiger partial charge in [-0.05, 0) is 61.9 Å². The van der Waals surface area contributed by atoms with Crippen LogP contribution in [-0.2, 0) is 16.1 Å². The van der Waals surface area contributed by atoms with Crippen LogP contribution in [0.25, 0.3) is 11.8 Å². The summed E-state index contributed by atoms with van der Waals surface area (Å²) in [6.07, 6.45) is 3.01. The number of hydrogen-bond acceptors (Lipinski definition) is 4. The number of aromatic nitrogens is 2. The Morgan fingerprint density at radius 1 is 1.25 bits per heavy atom. The number of ether oxygens (including phenoxy) is 1. The Morgan fingerprint density at radius 2 is 2.00 bits per heavy atom. The summed E-state index contributed by atoms with van der Waals surface area (Å²) >= 11 is 0. The minimum absolute atomic E-state index is 0.0888. The highest BCUT2D eigenvalue weighted by molar-refractivity contribution is 5.87. The zero-order valence-corrected chi connectivity index (χ0v) is 15.5. The second kappa shape index (κ2) is 8.31. The maximum Gasteiger partial charge on any atom is 0.331 e. The molecule has 0 spiro atoms. The summed E-state index contributed by atoms with van der Waals surface area (Å²) in [5.74, 6) is -0.802. The van der Waals surface area contributed by atoms with E-state index in [9.17, 15) is 9.18 Å². The van der Waals surface area contributed by atoms with Crippen LogP contribution in [0.5, 0.6) is 0 Å². The zero-order valence-electron chi connectivity index (χ0n) is 15.5. The summed E-state index contributed by atoms with van der Waals surface area (Å²) in [4.78, 5) is 12.0. The van der Waals surface area contributed by atoms with Crippen molar-refractivity contribution in [3.63, 3.8) is 0 Å². The van der Waals surface area contributed by atoms with Crippen LogP contribution in [0.1, 0.15) is 28.1 Å². The summed E-state index contributed by atoms with van der Waals surface area (Å²) in [5.41, 5.74) is 4.37. The number of nitriles is 1.